The molecule has 1 aromatic rings. The smallest absolute Gasteiger partial charge is 0.233 e. The van der Waals surface area contributed by atoms with Gasteiger partial charge in [0, 0.05) is 13.1 Å². The number of fused-ring (bicyclic) bond motifs is 1. The van der Waals surface area contributed by atoms with Crippen LogP contribution < -0.4 is 5.73 Å². The second-order valence-corrected chi connectivity index (χ2v) is 4.76. The molecule has 1 atom stereocenters. The van der Waals surface area contributed by atoms with Crippen molar-refractivity contribution >= 4 is 11.7 Å². The minimum Gasteiger partial charge on any atom is -0.409 e. The maximum Gasteiger partial charge on any atom is 0.233 e. The monoisotopic (exact) mass is 261 g/mol. The van der Waals surface area contributed by atoms with Gasteiger partial charge in [-0.1, -0.05) is 36.3 Å². The summed E-state index contributed by atoms with van der Waals surface area (Å²) in [5, 5.41) is 11.7. The summed E-state index contributed by atoms with van der Waals surface area (Å²) >= 11 is 0. The topological polar surface area (TPSA) is 78.9 Å². The van der Waals surface area contributed by atoms with E-state index in [1.54, 1.807) is 4.90 Å². The van der Waals surface area contributed by atoms with Gasteiger partial charge < -0.3 is 15.8 Å². The van der Waals surface area contributed by atoms with Crippen LogP contribution in [0.25, 0.3) is 0 Å². The summed E-state index contributed by atoms with van der Waals surface area (Å²) in [6, 6.07) is 8.13. The summed E-state index contributed by atoms with van der Waals surface area (Å²) in [7, 11) is 0. The molecule has 0 aromatic heterocycles. The van der Waals surface area contributed by atoms with Crippen molar-refractivity contribution in [2.24, 2.45) is 16.8 Å². The zero-order chi connectivity index (χ0) is 13.8. The van der Waals surface area contributed by atoms with Crippen molar-refractivity contribution < 1.29 is 10.0 Å². The van der Waals surface area contributed by atoms with Gasteiger partial charge >= 0.3 is 0 Å². The Kier molecular flexibility index (Phi) is 4.04. The van der Waals surface area contributed by atoms with Crippen molar-refractivity contribution in [3.63, 3.8) is 0 Å². The van der Waals surface area contributed by atoms with Crippen LogP contribution in [0.15, 0.2) is 29.4 Å². The Labute approximate surface area is 112 Å². The fraction of sp³-hybridized carbons (Fsp3) is 0.429. The van der Waals surface area contributed by atoms with Crippen molar-refractivity contribution in [2.75, 3.05) is 6.54 Å². The summed E-state index contributed by atoms with van der Waals surface area (Å²) in [6.45, 7) is 3.15. The molecule has 0 saturated carbocycles. The highest BCUT2D eigenvalue weighted by Gasteiger charge is 2.28. The van der Waals surface area contributed by atoms with Gasteiger partial charge in [-0.15, -0.1) is 0 Å². The maximum absolute atomic E-state index is 12.4. The number of carbonyl (C=O) groups is 1. The molecule has 0 bridgehead atoms. The highest BCUT2D eigenvalue weighted by Crippen LogP contribution is 2.20. The summed E-state index contributed by atoms with van der Waals surface area (Å²) in [4.78, 5) is 14.2. The predicted molar refractivity (Wildman–Crippen MR) is 72.8 cm³/mol. The average Bonchev–Trinajstić information content (AvgIpc) is 2.47. The fourth-order valence-corrected chi connectivity index (χ4v) is 2.48. The van der Waals surface area contributed by atoms with Gasteiger partial charge in [0.25, 0.3) is 0 Å². The highest BCUT2D eigenvalue weighted by atomic mass is 16.4. The van der Waals surface area contributed by atoms with Gasteiger partial charge in [-0.05, 0) is 24.0 Å². The minimum atomic E-state index is -0.532. The van der Waals surface area contributed by atoms with Gasteiger partial charge in [0.2, 0.25) is 5.91 Å². The molecule has 1 aliphatic rings. The van der Waals surface area contributed by atoms with Crippen LogP contribution in [0.4, 0.5) is 0 Å². The molecule has 1 unspecified atom stereocenters. The molecule has 0 spiro atoms. The van der Waals surface area contributed by atoms with Crippen LogP contribution >= 0.6 is 0 Å². The van der Waals surface area contributed by atoms with Crippen LogP contribution in [0, 0.1) is 5.92 Å². The first-order chi connectivity index (χ1) is 9.17. The van der Waals surface area contributed by atoms with E-state index in [-0.39, 0.29) is 11.7 Å². The third-order valence-electron chi connectivity index (χ3n) is 3.62. The van der Waals surface area contributed by atoms with Gasteiger partial charge in [0.05, 0.1) is 5.92 Å². The Morgan fingerprint density at radius 2 is 2.16 bits per heavy atom. The number of oxime groups is 1. The largest absolute Gasteiger partial charge is 0.409 e. The van der Waals surface area contributed by atoms with Gasteiger partial charge in [0.15, 0.2) is 5.84 Å². The third kappa shape index (κ3) is 2.70. The molecule has 5 heteroatoms. The number of nitrogens with zero attached hydrogens (tertiary/aromatic N) is 2. The summed E-state index contributed by atoms with van der Waals surface area (Å²) in [5.41, 5.74) is 8.05. The average molecular weight is 261 g/mol. The van der Waals surface area contributed by atoms with Crippen LogP contribution in [-0.2, 0) is 17.8 Å². The van der Waals surface area contributed by atoms with Crippen molar-refractivity contribution in [3.05, 3.63) is 35.4 Å². The van der Waals surface area contributed by atoms with Gasteiger partial charge in [-0.2, -0.15) is 0 Å². The Balaban J connectivity index is 2.14. The van der Waals surface area contributed by atoms with Crippen LogP contribution in [0.1, 0.15) is 24.5 Å². The van der Waals surface area contributed by atoms with Crippen molar-refractivity contribution in [3.8, 4) is 0 Å². The lowest BCUT2D eigenvalue weighted by atomic mass is 9.97. The van der Waals surface area contributed by atoms with E-state index in [0.717, 1.165) is 6.42 Å². The molecule has 0 radical (unpaired) electrons. The summed E-state index contributed by atoms with van der Waals surface area (Å²) in [5.74, 6) is -0.603. The number of nitrogens with two attached hydrogens (primary N) is 1. The minimum absolute atomic E-state index is 0.00800. The molecule has 0 aliphatic carbocycles. The molecule has 1 aliphatic heterocycles. The normalized spacial score (nSPS) is 16.9. The van der Waals surface area contributed by atoms with Crippen LogP contribution in [0.5, 0.6) is 0 Å². The molecule has 102 valence electrons. The van der Waals surface area contributed by atoms with E-state index in [4.69, 9.17) is 10.9 Å². The molecule has 0 fully saturated rings. The number of amidine groups is 1. The predicted octanol–water partition coefficient (Wildman–Crippen LogP) is 1.34. The number of hydrogen-bond acceptors (Lipinski definition) is 3. The van der Waals surface area contributed by atoms with Crippen LogP contribution in [0.3, 0.4) is 0 Å². The van der Waals surface area contributed by atoms with Gasteiger partial charge in [0.1, 0.15) is 0 Å². The molecule has 19 heavy (non-hydrogen) atoms. The second-order valence-electron chi connectivity index (χ2n) is 4.76. The summed E-state index contributed by atoms with van der Waals surface area (Å²) in [6.07, 6.45) is 1.39. The molecule has 0 saturated heterocycles. The van der Waals surface area contributed by atoms with Crippen LogP contribution in [-0.4, -0.2) is 28.4 Å². The van der Waals surface area contributed by atoms with Crippen molar-refractivity contribution in [2.45, 2.75) is 26.3 Å². The highest BCUT2D eigenvalue weighted by molar-refractivity contribution is 6.02. The lowest BCUT2D eigenvalue weighted by Crippen LogP contribution is -2.44. The van der Waals surface area contributed by atoms with Gasteiger partial charge in [-0.3, -0.25) is 4.79 Å². The molecule has 1 amide bonds. The van der Waals surface area contributed by atoms with E-state index in [2.05, 4.69) is 11.2 Å². The lowest BCUT2D eigenvalue weighted by molar-refractivity contribution is -0.134. The zero-order valence-electron chi connectivity index (χ0n) is 11.0. The Hall–Kier alpha value is -2.04. The Morgan fingerprint density at radius 1 is 1.47 bits per heavy atom. The molecule has 1 aromatic carbocycles. The fourth-order valence-electron chi connectivity index (χ4n) is 2.48. The maximum atomic E-state index is 12.4. The first kappa shape index (κ1) is 13.4. The Bertz CT molecular complexity index is 499. The van der Waals surface area contributed by atoms with E-state index in [1.165, 1.54) is 11.1 Å². The Morgan fingerprint density at radius 3 is 2.79 bits per heavy atom. The zero-order valence-corrected chi connectivity index (χ0v) is 11.0. The first-order valence-electron chi connectivity index (χ1n) is 6.50. The molecule has 5 nitrogen and oxygen atoms in total. The van der Waals surface area contributed by atoms with E-state index in [9.17, 15) is 4.79 Å². The number of carbonyl (C=O) groups excluding carboxylic acids is 1. The van der Waals surface area contributed by atoms with Crippen molar-refractivity contribution in [1.82, 2.24) is 4.90 Å². The van der Waals surface area contributed by atoms with E-state index in [1.807, 2.05) is 25.1 Å². The molecule has 2 rings (SSSR count). The second kappa shape index (κ2) is 5.73. The van der Waals surface area contributed by atoms with Crippen LogP contribution in [0.2, 0.25) is 0 Å². The molecular weight excluding hydrogens is 242 g/mol. The quantitative estimate of drug-likeness (QED) is 0.373. The first-order valence-corrected chi connectivity index (χ1v) is 6.50. The number of amides is 1. The number of rotatable bonds is 3. The van der Waals surface area contributed by atoms with Gasteiger partial charge in [-0.25, -0.2) is 0 Å². The third-order valence-corrected chi connectivity index (χ3v) is 3.62. The van der Waals surface area contributed by atoms with E-state index < -0.39 is 5.92 Å². The summed E-state index contributed by atoms with van der Waals surface area (Å²) < 4.78 is 0. The number of hydrogen-bond donors (Lipinski definition) is 2. The van der Waals surface area contributed by atoms with E-state index >= 15 is 0 Å². The van der Waals surface area contributed by atoms with Crippen molar-refractivity contribution in [1.29, 1.82) is 0 Å². The van der Waals surface area contributed by atoms with E-state index in [0.29, 0.717) is 19.5 Å². The molecule has 3 N–H and O–H groups in total. The standard InChI is InChI=1S/C14H19N3O2/c1-2-12(13(15)16-19)14(18)17-8-7-10-5-3-4-6-11(10)9-17/h3-6,12,19H,2,7-9H2,1H3,(H2,15,16). The number of benzene rings is 1. The molecular formula is C14H19N3O2. The molecule has 1 heterocycles. The lowest BCUT2D eigenvalue weighted by Gasteiger charge is -2.31. The SMILES string of the molecule is CCC(C(=O)N1CCc2ccccc2C1)C(N)=NO.